The Morgan fingerprint density at radius 3 is 2.84 bits per heavy atom. The molecule has 10 nitrogen and oxygen atoms in total. The van der Waals surface area contributed by atoms with Gasteiger partial charge in [-0.3, -0.25) is 14.2 Å². The number of primary amides is 1. The maximum atomic E-state index is 12.8. The number of nitrogens with two attached hydrogens (primary N) is 1. The fraction of sp³-hybridized carbons (Fsp3) is 0.150. The molecular weight excluding hydrogens is 422 g/mol. The summed E-state index contributed by atoms with van der Waals surface area (Å²) >= 11 is 1.20. The molecule has 0 unspecified atom stereocenters. The molecule has 156 valence electrons. The lowest BCUT2D eigenvalue weighted by atomic mass is 10.2. The number of nitrogens with zero attached hydrogens (tertiary/aromatic N) is 4. The molecule has 4 aromatic rings. The number of hydrogen-bond acceptors (Lipinski definition) is 9. The van der Waals surface area contributed by atoms with Crippen LogP contribution in [0.4, 0.5) is 0 Å². The van der Waals surface area contributed by atoms with E-state index in [0.717, 1.165) is 0 Å². The van der Waals surface area contributed by atoms with Gasteiger partial charge in [-0.15, -0.1) is 10.2 Å². The summed E-state index contributed by atoms with van der Waals surface area (Å²) < 4.78 is 17.7. The van der Waals surface area contributed by atoms with Crippen LogP contribution in [0.15, 0.2) is 56.9 Å². The first-order valence-corrected chi connectivity index (χ1v) is 10.2. The number of hydrogen-bond donors (Lipinski definition) is 1. The number of carbonyl (C=O) groups is 1. The standard InChI is InChI=1S/C20H15N5O5S/c21-16(26)8-25-17(22-13-4-2-1-3-12(13)19(25)27)9-31-20-24-23-18(30-20)11-5-6-14-15(7-11)29-10-28-14/h1-7H,8-10H2,(H2,21,26). The van der Waals surface area contributed by atoms with E-state index in [1.807, 2.05) is 0 Å². The van der Waals surface area contributed by atoms with Gasteiger partial charge in [0.25, 0.3) is 10.8 Å². The topological polar surface area (TPSA) is 135 Å². The van der Waals surface area contributed by atoms with Crippen LogP contribution in [0.5, 0.6) is 11.5 Å². The average Bonchev–Trinajstić information content (AvgIpc) is 3.43. The minimum atomic E-state index is -0.631. The smallest absolute Gasteiger partial charge is 0.277 e. The summed E-state index contributed by atoms with van der Waals surface area (Å²) in [5.74, 6) is 1.58. The Morgan fingerprint density at radius 2 is 1.97 bits per heavy atom. The number of aromatic nitrogens is 4. The molecule has 0 spiro atoms. The number of fused-ring (bicyclic) bond motifs is 2. The zero-order valence-electron chi connectivity index (χ0n) is 16.0. The number of para-hydroxylation sites is 1. The molecule has 0 atom stereocenters. The molecular formula is C20H15N5O5S. The third-order valence-electron chi connectivity index (χ3n) is 4.61. The van der Waals surface area contributed by atoms with E-state index in [4.69, 9.17) is 19.6 Å². The van der Waals surface area contributed by atoms with Crippen molar-refractivity contribution in [3.63, 3.8) is 0 Å². The highest BCUT2D eigenvalue weighted by Crippen LogP contribution is 2.36. The van der Waals surface area contributed by atoms with Crippen LogP contribution in [0.2, 0.25) is 0 Å². The third kappa shape index (κ3) is 3.70. The molecule has 1 aliphatic heterocycles. The summed E-state index contributed by atoms with van der Waals surface area (Å²) in [6.07, 6.45) is 0. The number of amides is 1. The molecule has 0 saturated carbocycles. The van der Waals surface area contributed by atoms with Gasteiger partial charge in [-0.25, -0.2) is 4.98 Å². The Morgan fingerprint density at radius 1 is 1.13 bits per heavy atom. The Hall–Kier alpha value is -3.86. The molecule has 2 aromatic carbocycles. The predicted octanol–water partition coefficient (Wildman–Crippen LogP) is 1.95. The number of thioether (sulfide) groups is 1. The van der Waals surface area contributed by atoms with Gasteiger partial charge >= 0.3 is 0 Å². The molecule has 2 aromatic heterocycles. The van der Waals surface area contributed by atoms with Crippen molar-refractivity contribution < 1.29 is 18.7 Å². The highest BCUT2D eigenvalue weighted by atomic mass is 32.2. The second-order valence-electron chi connectivity index (χ2n) is 6.63. The monoisotopic (exact) mass is 437 g/mol. The van der Waals surface area contributed by atoms with Gasteiger partial charge in [0, 0.05) is 5.56 Å². The van der Waals surface area contributed by atoms with Crippen LogP contribution in [-0.4, -0.2) is 32.4 Å². The summed E-state index contributed by atoms with van der Waals surface area (Å²) in [7, 11) is 0. The Balaban J connectivity index is 1.41. The van der Waals surface area contributed by atoms with Crippen LogP contribution in [0, 0.1) is 0 Å². The molecule has 1 aliphatic rings. The molecule has 5 rings (SSSR count). The number of rotatable bonds is 6. The zero-order valence-corrected chi connectivity index (χ0v) is 16.8. The normalized spacial score (nSPS) is 12.4. The van der Waals surface area contributed by atoms with Gasteiger partial charge in [0.2, 0.25) is 18.6 Å². The van der Waals surface area contributed by atoms with Gasteiger partial charge in [0.15, 0.2) is 11.5 Å². The lowest BCUT2D eigenvalue weighted by molar-refractivity contribution is -0.118. The first-order valence-electron chi connectivity index (χ1n) is 9.21. The van der Waals surface area contributed by atoms with Crippen molar-refractivity contribution in [1.29, 1.82) is 0 Å². The van der Waals surface area contributed by atoms with E-state index < -0.39 is 5.91 Å². The van der Waals surface area contributed by atoms with E-state index in [9.17, 15) is 9.59 Å². The third-order valence-corrected chi connectivity index (χ3v) is 5.42. The first-order chi connectivity index (χ1) is 15.1. The Labute approximate surface area is 179 Å². The minimum absolute atomic E-state index is 0.176. The maximum absolute atomic E-state index is 12.8. The predicted molar refractivity (Wildman–Crippen MR) is 111 cm³/mol. The van der Waals surface area contributed by atoms with Gasteiger partial charge in [0.1, 0.15) is 12.4 Å². The summed E-state index contributed by atoms with van der Waals surface area (Å²) in [5.41, 5.74) is 6.23. The zero-order chi connectivity index (χ0) is 21.4. The van der Waals surface area contributed by atoms with Crippen LogP contribution in [-0.2, 0) is 17.1 Å². The maximum Gasteiger partial charge on any atom is 0.277 e. The van der Waals surface area contributed by atoms with Crippen molar-refractivity contribution in [3.05, 3.63) is 58.6 Å². The average molecular weight is 437 g/mol. The van der Waals surface area contributed by atoms with Crippen molar-refractivity contribution in [1.82, 2.24) is 19.7 Å². The fourth-order valence-electron chi connectivity index (χ4n) is 3.18. The van der Waals surface area contributed by atoms with Gasteiger partial charge in [0.05, 0.1) is 16.7 Å². The van der Waals surface area contributed by atoms with Crippen molar-refractivity contribution >= 4 is 28.6 Å². The van der Waals surface area contributed by atoms with E-state index in [2.05, 4.69) is 15.2 Å². The molecule has 0 radical (unpaired) electrons. The molecule has 0 bridgehead atoms. The van der Waals surface area contributed by atoms with Crippen LogP contribution < -0.4 is 20.8 Å². The fourth-order valence-corrected chi connectivity index (χ4v) is 3.89. The van der Waals surface area contributed by atoms with Crippen molar-refractivity contribution in [2.45, 2.75) is 17.5 Å². The van der Waals surface area contributed by atoms with Gasteiger partial charge < -0.3 is 19.6 Å². The van der Waals surface area contributed by atoms with Crippen molar-refractivity contribution in [2.24, 2.45) is 5.73 Å². The van der Waals surface area contributed by atoms with Gasteiger partial charge in [-0.1, -0.05) is 23.9 Å². The lowest BCUT2D eigenvalue weighted by Gasteiger charge is -2.11. The number of carbonyl (C=O) groups excluding carboxylic acids is 1. The second kappa shape index (κ2) is 7.76. The first kappa shape index (κ1) is 19.1. The van der Waals surface area contributed by atoms with Gasteiger partial charge in [-0.2, -0.15) is 0 Å². The molecule has 0 saturated heterocycles. The second-order valence-corrected chi connectivity index (χ2v) is 7.56. The molecule has 3 heterocycles. The van der Waals surface area contributed by atoms with Crippen LogP contribution in [0.3, 0.4) is 0 Å². The number of benzene rings is 2. The van der Waals surface area contributed by atoms with Crippen LogP contribution >= 0.6 is 11.8 Å². The highest BCUT2D eigenvalue weighted by molar-refractivity contribution is 7.98. The SMILES string of the molecule is NC(=O)Cn1c(CSc2nnc(-c3ccc4c(c3)OCO4)o2)nc2ccccc2c1=O. The molecule has 0 fully saturated rings. The van der Waals surface area contributed by atoms with E-state index in [1.54, 1.807) is 42.5 Å². The number of ether oxygens (including phenoxy) is 2. The lowest BCUT2D eigenvalue weighted by Crippen LogP contribution is -2.31. The van der Waals surface area contributed by atoms with Crippen molar-refractivity contribution in [3.8, 4) is 23.0 Å². The van der Waals surface area contributed by atoms with E-state index in [0.29, 0.717) is 44.9 Å². The van der Waals surface area contributed by atoms with Crippen molar-refractivity contribution in [2.75, 3.05) is 6.79 Å². The van der Waals surface area contributed by atoms with Crippen LogP contribution in [0.25, 0.3) is 22.4 Å². The Bertz CT molecular complexity index is 1370. The van der Waals surface area contributed by atoms with E-state index in [1.165, 1.54) is 16.3 Å². The summed E-state index contributed by atoms with van der Waals surface area (Å²) in [6, 6.07) is 12.3. The highest BCUT2D eigenvalue weighted by Gasteiger charge is 2.18. The quantitative estimate of drug-likeness (QED) is 0.449. The Kier molecular flexibility index (Phi) is 4.79. The molecule has 0 aliphatic carbocycles. The molecule has 11 heteroatoms. The molecule has 1 amide bonds. The van der Waals surface area contributed by atoms with Gasteiger partial charge in [-0.05, 0) is 30.3 Å². The summed E-state index contributed by atoms with van der Waals surface area (Å²) in [4.78, 5) is 28.8. The largest absolute Gasteiger partial charge is 0.454 e. The molecule has 31 heavy (non-hydrogen) atoms. The van der Waals surface area contributed by atoms with E-state index in [-0.39, 0.29) is 24.6 Å². The summed E-state index contributed by atoms with van der Waals surface area (Å²) in [5, 5.41) is 8.82. The molecule has 2 N–H and O–H groups in total. The van der Waals surface area contributed by atoms with E-state index >= 15 is 0 Å². The minimum Gasteiger partial charge on any atom is -0.454 e. The van der Waals surface area contributed by atoms with Crippen LogP contribution in [0.1, 0.15) is 5.82 Å². The summed E-state index contributed by atoms with van der Waals surface area (Å²) in [6.45, 7) is -0.0890.